The Morgan fingerprint density at radius 1 is 1.67 bits per heavy atom. The van der Waals surface area contributed by atoms with Gasteiger partial charge in [0.2, 0.25) is 5.91 Å². The summed E-state index contributed by atoms with van der Waals surface area (Å²) in [5.41, 5.74) is 5.54. The number of likely N-dealkylation sites (tertiary alicyclic amines) is 1. The van der Waals surface area contributed by atoms with E-state index in [1.165, 1.54) is 0 Å². The molecule has 0 radical (unpaired) electrons. The number of hydrogen-bond donors (Lipinski definition) is 1. The molecule has 1 amide bonds. The number of nitrogens with two attached hydrogens (primary N) is 1. The van der Waals surface area contributed by atoms with Crippen molar-refractivity contribution in [3.05, 3.63) is 0 Å². The Morgan fingerprint density at radius 3 is 3.00 bits per heavy atom. The summed E-state index contributed by atoms with van der Waals surface area (Å²) in [6, 6.07) is 0. The summed E-state index contributed by atoms with van der Waals surface area (Å²) in [4.78, 5) is 13.0. The van der Waals surface area contributed by atoms with Gasteiger partial charge in [0.1, 0.15) is 5.88 Å². The second kappa shape index (κ2) is 4.67. The number of amides is 1. The van der Waals surface area contributed by atoms with E-state index in [1.54, 1.807) is 0 Å². The van der Waals surface area contributed by atoms with Gasteiger partial charge in [0, 0.05) is 13.1 Å². The summed E-state index contributed by atoms with van der Waals surface area (Å²) in [6.07, 6.45) is 2.20. The van der Waals surface area contributed by atoms with Gasteiger partial charge in [-0.15, -0.1) is 11.6 Å². The van der Waals surface area contributed by atoms with Gasteiger partial charge in [-0.05, 0) is 25.3 Å². The summed E-state index contributed by atoms with van der Waals surface area (Å²) in [7, 11) is 0. The van der Waals surface area contributed by atoms with Crippen LogP contribution in [0.25, 0.3) is 0 Å². The molecule has 1 unspecified atom stereocenters. The van der Waals surface area contributed by atoms with Gasteiger partial charge in [0.05, 0.1) is 0 Å². The highest BCUT2D eigenvalue weighted by Crippen LogP contribution is 2.15. The Labute approximate surface area is 77.9 Å². The smallest absolute Gasteiger partial charge is 0.237 e. The average Bonchev–Trinajstić information content (AvgIpc) is 2.17. The number of nitrogens with zero attached hydrogens (tertiary/aromatic N) is 1. The Morgan fingerprint density at radius 2 is 2.42 bits per heavy atom. The van der Waals surface area contributed by atoms with Crippen molar-refractivity contribution in [1.82, 2.24) is 4.90 Å². The highest BCUT2D eigenvalue weighted by molar-refractivity contribution is 6.27. The third-order valence-corrected chi connectivity index (χ3v) is 2.55. The zero-order valence-corrected chi connectivity index (χ0v) is 7.89. The molecule has 3 nitrogen and oxygen atoms in total. The topological polar surface area (TPSA) is 46.3 Å². The number of halogens is 1. The van der Waals surface area contributed by atoms with E-state index in [0.717, 1.165) is 25.9 Å². The third-order valence-electron chi connectivity index (χ3n) is 2.32. The summed E-state index contributed by atoms with van der Waals surface area (Å²) >= 11 is 5.45. The van der Waals surface area contributed by atoms with Crippen molar-refractivity contribution in [2.45, 2.75) is 12.8 Å². The Kier molecular flexibility index (Phi) is 3.82. The molecule has 2 N–H and O–H groups in total. The van der Waals surface area contributed by atoms with Crippen molar-refractivity contribution in [2.24, 2.45) is 11.7 Å². The van der Waals surface area contributed by atoms with Gasteiger partial charge in [0.15, 0.2) is 0 Å². The molecule has 1 aliphatic heterocycles. The van der Waals surface area contributed by atoms with Crippen molar-refractivity contribution in [3.63, 3.8) is 0 Å². The first-order chi connectivity index (χ1) is 5.77. The van der Waals surface area contributed by atoms with Crippen molar-refractivity contribution >= 4 is 17.5 Å². The number of carbonyl (C=O) groups excluding carboxylic acids is 1. The summed E-state index contributed by atoms with van der Waals surface area (Å²) in [5.74, 6) is 0.609. The van der Waals surface area contributed by atoms with Crippen LogP contribution < -0.4 is 5.73 Å². The summed E-state index contributed by atoms with van der Waals surface area (Å²) in [5, 5.41) is 0. The second-order valence-corrected chi connectivity index (χ2v) is 3.48. The highest BCUT2D eigenvalue weighted by atomic mass is 35.5. The first-order valence-electron chi connectivity index (χ1n) is 4.31. The molecule has 0 aromatic heterocycles. The van der Waals surface area contributed by atoms with E-state index in [0.29, 0.717) is 12.5 Å². The molecule has 0 saturated carbocycles. The lowest BCUT2D eigenvalue weighted by Crippen LogP contribution is -2.42. The van der Waals surface area contributed by atoms with Crippen LogP contribution in [-0.4, -0.2) is 36.3 Å². The average molecular weight is 191 g/mol. The first-order valence-corrected chi connectivity index (χ1v) is 4.85. The summed E-state index contributed by atoms with van der Waals surface area (Å²) in [6.45, 7) is 2.32. The molecule has 1 heterocycles. The molecule has 1 rings (SSSR count). The molecule has 70 valence electrons. The number of rotatable bonds is 2. The van der Waals surface area contributed by atoms with Gasteiger partial charge in [-0.3, -0.25) is 4.79 Å². The minimum absolute atomic E-state index is 0.0369. The van der Waals surface area contributed by atoms with E-state index in [4.69, 9.17) is 17.3 Å². The van der Waals surface area contributed by atoms with Gasteiger partial charge in [0.25, 0.3) is 0 Å². The van der Waals surface area contributed by atoms with E-state index < -0.39 is 0 Å². The molecular formula is C8H15ClN2O. The molecule has 12 heavy (non-hydrogen) atoms. The molecule has 0 bridgehead atoms. The van der Waals surface area contributed by atoms with Crippen molar-refractivity contribution in [1.29, 1.82) is 0 Å². The van der Waals surface area contributed by atoms with E-state index in [2.05, 4.69) is 0 Å². The lowest BCUT2D eigenvalue weighted by molar-refractivity contribution is -0.130. The van der Waals surface area contributed by atoms with E-state index in [9.17, 15) is 4.79 Å². The maximum absolute atomic E-state index is 11.2. The monoisotopic (exact) mass is 190 g/mol. The number of carbonyl (C=O) groups is 1. The van der Waals surface area contributed by atoms with Crippen molar-refractivity contribution in [2.75, 3.05) is 25.5 Å². The molecule has 1 atom stereocenters. The molecule has 1 fully saturated rings. The maximum Gasteiger partial charge on any atom is 0.237 e. The predicted molar refractivity (Wildman–Crippen MR) is 49.1 cm³/mol. The van der Waals surface area contributed by atoms with Crippen molar-refractivity contribution < 1.29 is 4.79 Å². The van der Waals surface area contributed by atoms with Crippen LogP contribution in [0.4, 0.5) is 0 Å². The van der Waals surface area contributed by atoms with E-state index >= 15 is 0 Å². The quantitative estimate of drug-likeness (QED) is 0.642. The molecule has 0 aromatic rings. The molecular weight excluding hydrogens is 176 g/mol. The molecule has 4 heteroatoms. The molecule has 1 aliphatic rings. The fourth-order valence-corrected chi connectivity index (χ4v) is 1.74. The highest BCUT2D eigenvalue weighted by Gasteiger charge is 2.21. The zero-order valence-electron chi connectivity index (χ0n) is 7.13. The van der Waals surface area contributed by atoms with E-state index in [-0.39, 0.29) is 11.8 Å². The first kappa shape index (κ1) is 9.81. The maximum atomic E-state index is 11.2. The second-order valence-electron chi connectivity index (χ2n) is 3.22. The van der Waals surface area contributed by atoms with Gasteiger partial charge < -0.3 is 10.6 Å². The Balaban J connectivity index is 2.40. The number of alkyl halides is 1. The van der Waals surface area contributed by atoms with Gasteiger partial charge in [-0.2, -0.15) is 0 Å². The minimum atomic E-state index is 0.0369. The van der Waals surface area contributed by atoms with Crippen molar-refractivity contribution in [3.8, 4) is 0 Å². The van der Waals surface area contributed by atoms with Crippen LogP contribution in [0.1, 0.15) is 12.8 Å². The Bertz CT molecular complexity index is 163. The third kappa shape index (κ3) is 2.35. The lowest BCUT2D eigenvalue weighted by Gasteiger charge is -2.31. The fourth-order valence-electron chi connectivity index (χ4n) is 1.57. The van der Waals surface area contributed by atoms with Crippen LogP contribution in [0.3, 0.4) is 0 Å². The largest absolute Gasteiger partial charge is 0.341 e. The summed E-state index contributed by atoms with van der Waals surface area (Å²) < 4.78 is 0. The van der Waals surface area contributed by atoms with Gasteiger partial charge in [-0.1, -0.05) is 0 Å². The SMILES string of the molecule is NCC1CCCN(C(=O)CCl)C1. The standard InChI is InChI=1S/C8H15ClN2O/c9-4-8(12)11-3-1-2-7(5-10)6-11/h7H,1-6,10H2. The molecule has 0 spiro atoms. The number of piperidine rings is 1. The van der Waals surface area contributed by atoms with Crippen LogP contribution in [0.2, 0.25) is 0 Å². The van der Waals surface area contributed by atoms with Gasteiger partial charge in [-0.25, -0.2) is 0 Å². The number of hydrogen-bond acceptors (Lipinski definition) is 2. The predicted octanol–water partition coefficient (Wildman–Crippen LogP) is 0.423. The molecule has 0 aliphatic carbocycles. The molecule has 1 saturated heterocycles. The van der Waals surface area contributed by atoms with Crippen LogP contribution in [-0.2, 0) is 4.79 Å². The minimum Gasteiger partial charge on any atom is -0.341 e. The Hall–Kier alpha value is -0.280. The van der Waals surface area contributed by atoms with Crippen LogP contribution in [0.15, 0.2) is 0 Å². The molecule has 0 aromatic carbocycles. The van der Waals surface area contributed by atoms with Crippen LogP contribution >= 0.6 is 11.6 Å². The fraction of sp³-hybridized carbons (Fsp3) is 0.875. The normalized spacial score (nSPS) is 24.2. The van der Waals surface area contributed by atoms with E-state index in [1.807, 2.05) is 4.90 Å². The zero-order chi connectivity index (χ0) is 8.97. The lowest BCUT2D eigenvalue weighted by atomic mass is 9.98. The van der Waals surface area contributed by atoms with Crippen LogP contribution in [0, 0.1) is 5.92 Å². The van der Waals surface area contributed by atoms with Crippen LogP contribution in [0.5, 0.6) is 0 Å². The van der Waals surface area contributed by atoms with Gasteiger partial charge >= 0.3 is 0 Å².